The monoisotopic (exact) mass is 267 g/mol. The molecule has 1 aromatic carbocycles. The third kappa shape index (κ3) is 3.61. The highest BCUT2D eigenvalue weighted by molar-refractivity contribution is 5.73. The maximum absolute atomic E-state index is 10.8. The van der Waals surface area contributed by atoms with E-state index in [0.717, 1.165) is 0 Å². The van der Waals surface area contributed by atoms with Gasteiger partial charge >= 0.3 is 5.97 Å². The molecule has 0 spiro atoms. The van der Waals surface area contributed by atoms with E-state index in [0.29, 0.717) is 16.9 Å². The molecule has 0 amide bonds. The summed E-state index contributed by atoms with van der Waals surface area (Å²) < 4.78 is 5.19. The Hall–Kier alpha value is -1.75. The van der Waals surface area contributed by atoms with Crippen LogP contribution < -0.4 is 10.5 Å². The van der Waals surface area contributed by atoms with Gasteiger partial charge in [-0.15, -0.1) is 0 Å². The van der Waals surface area contributed by atoms with Crippen LogP contribution in [0.25, 0.3) is 0 Å². The molecule has 0 bridgehead atoms. The number of hydrogen-bond donors (Lipinski definition) is 3. The lowest BCUT2D eigenvalue weighted by Gasteiger charge is -2.23. The molecule has 1 unspecified atom stereocenters. The van der Waals surface area contributed by atoms with Crippen LogP contribution in [0.1, 0.15) is 31.9 Å². The van der Waals surface area contributed by atoms with Gasteiger partial charge in [-0.05, 0) is 23.1 Å². The van der Waals surface area contributed by atoms with Gasteiger partial charge in [-0.1, -0.05) is 20.8 Å². The van der Waals surface area contributed by atoms with E-state index in [-0.39, 0.29) is 17.6 Å². The van der Waals surface area contributed by atoms with Crippen molar-refractivity contribution in [2.75, 3.05) is 7.11 Å². The first kappa shape index (κ1) is 15.3. The fraction of sp³-hybridized carbons (Fsp3) is 0.500. The number of carbonyl (C=O) groups is 1. The molecule has 0 saturated heterocycles. The Labute approximate surface area is 113 Å². The molecule has 0 aliphatic carbocycles. The van der Waals surface area contributed by atoms with Crippen LogP contribution in [0.15, 0.2) is 12.1 Å². The van der Waals surface area contributed by atoms with Crippen LogP contribution in [-0.2, 0) is 16.6 Å². The average molecular weight is 267 g/mol. The summed E-state index contributed by atoms with van der Waals surface area (Å²) in [5.41, 5.74) is 6.43. The first-order valence-electron chi connectivity index (χ1n) is 6.05. The number of phenolic OH excluding ortho intramolecular Hbond substituents is 1. The standard InChI is InChI=1S/C14H21NO4/c1-14(2,3)10-7-9(19-4)5-8(12(10)16)6-11(15)13(17)18/h5,7,11,16H,6,15H2,1-4H3,(H,17,18). The van der Waals surface area contributed by atoms with Crippen molar-refractivity contribution in [3.8, 4) is 11.5 Å². The molecule has 1 rings (SSSR count). The van der Waals surface area contributed by atoms with E-state index in [9.17, 15) is 9.90 Å². The zero-order valence-corrected chi connectivity index (χ0v) is 11.7. The summed E-state index contributed by atoms with van der Waals surface area (Å²) in [7, 11) is 1.53. The zero-order chi connectivity index (χ0) is 14.8. The molecule has 0 heterocycles. The molecule has 1 aromatic rings. The number of hydrogen-bond acceptors (Lipinski definition) is 4. The number of carboxylic acid groups (broad SMARTS) is 1. The maximum Gasteiger partial charge on any atom is 0.320 e. The van der Waals surface area contributed by atoms with Crippen molar-refractivity contribution in [2.24, 2.45) is 5.73 Å². The lowest BCUT2D eigenvalue weighted by molar-refractivity contribution is -0.138. The SMILES string of the molecule is COc1cc(CC(N)C(=O)O)c(O)c(C(C)(C)C)c1. The van der Waals surface area contributed by atoms with Crippen molar-refractivity contribution in [1.82, 2.24) is 0 Å². The number of nitrogens with two attached hydrogens (primary N) is 1. The minimum atomic E-state index is -1.10. The van der Waals surface area contributed by atoms with E-state index in [1.54, 1.807) is 12.1 Å². The number of aliphatic carboxylic acids is 1. The van der Waals surface area contributed by atoms with Crippen LogP contribution in [0.5, 0.6) is 11.5 Å². The van der Waals surface area contributed by atoms with Crippen molar-refractivity contribution >= 4 is 5.97 Å². The van der Waals surface area contributed by atoms with Crippen LogP contribution in [0, 0.1) is 0 Å². The van der Waals surface area contributed by atoms with E-state index in [4.69, 9.17) is 15.6 Å². The van der Waals surface area contributed by atoms with Gasteiger partial charge in [0.25, 0.3) is 0 Å². The zero-order valence-electron chi connectivity index (χ0n) is 11.7. The predicted octanol–water partition coefficient (Wildman–Crippen LogP) is 1.65. The van der Waals surface area contributed by atoms with Crippen LogP contribution in [0.4, 0.5) is 0 Å². The second kappa shape index (κ2) is 5.48. The molecule has 1 atom stereocenters. The van der Waals surface area contributed by atoms with Crippen LogP contribution in [-0.4, -0.2) is 29.3 Å². The largest absolute Gasteiger partial charge is 0.507 e. The van der Waals surface area contributed by atoms with Crippen molar-refractivity contribution < 1.29 is 19.7 Å². The fourth-order valence-electron chi connectivity index (χ4n) is 1.83. The summed E-state index contributed by atoms with van der Waals surface area (Å²) in [4.78, 5) is 10.8. The number of aromatic hydroxyl groups is 1. The van der Waals surface area contributed by atoms with Gasteiger partial charge in [-0.3, -0.25) is 4.79 Å². The van der Waals surface area contributed by atoms with Crippen LogP contribution >= 0.6 is 0 Å². The number of ether oxygens (including phenoxy) is 1. The average Bonchev–Trinajstić information content (AvgIpc) is 2.29. The highest BCUT2D eigenvalue weighted by Crippen LogP contribution is 2.37. The molecule has 5 nitrogen and oxygen atoms in total. The smallest absolute Gasteiger partial charge is 0.320 e. The van der Waals surface area contributed by atoms with Crippen molar-refractivity contribution in [3.63, 3.8) is 0 Å². The molecular formula is C14H21NO4. The van der Waals surface area contributed by atoms with E-state index >= 15 is 0 Å². The first-order valence-corrected chi connectivity index (χ1v) is 6.05. The molecule has 0 aromatic heterocycles. The van der Waals surface area contributed by atoms with E-state index in [2.05, 4.69) is 0 Å². The predicted molar refractivity (Wildman–Crippen MR) is 72.7 cm³/mol. The van der Waals surface area contributed by atoms with Gasteiger partial charge < -0.3 is 20.7 Å². The molecule has 19 heavy (non-hydrogen) atoms. The van der Waals surface area contributed by atoms with Crippen molar-refractivity contribution in [2.45, 2.75) is 38.6 Å². The molecule has 4 N–H and O–H groups in total. The summed E-state index contributed by atoms with van der Waals surface area (Å²) in [6.45, 7) is 5.88. The number of benzene rings is 1. The third-order valence-electron chi connectivity index (χ3n) is 2.96. The summed E-state index contributed by atoms with van der Waals surface area (Å²) in [5, 5.41) is 19.1. The second-order valence-electron chi connectivity index (χ2n) is 5.58. The fourth-order valence-corrected chi connectivity index (χ4v) is 1.83. The van der Waals surface area contributed by atoms with Gasteiger partial charge in [0.2, 0.25) is 0 Å². The van der Waals surface area contributed by atoms with Gasteiger partial charge in [-0.25, -0.2) is 0 Å². The maximum atomic E-state index is 10.8. The summed E-state index contributed by atoms with van der Waals surface area (Å²) in [6.07, 6.45) is 0.0570. The van der Waals surface area contributed by atoms with Gasteiger partial charge in [0, 0.05) is 12.0 Å². The van der Waals surface area contributed by atoms with Gasteiger partial charge in [-0.2, -0.15) is 0 Å². The molecule has 5 heteroatoms. The molecule has 0 aliphatic heterocycles. The highest BCUT2D eigenvalue weighted by atomic mass is 16.5. The molecule has 0 fully saturated rings. The van der Waals surface area contributed by atoms with E-state index in [1.165, 1.54) is 7.11 Å². The minimum absolute atomic E-state index is 0.0570. The number of carboxylic acids is 1. The Morgan fingerprint density at radius 3 is 2.42 bits per heavy atom. The summed E-state index contributed by atoms with van der Waals surface area (Å²) in [6, 6.07) is 2.32. The molecule has 0 radical (unpaired) electrons. The third-order valence-corrected chi connectivity index (χ3v) is 2.96. The molecule has 0 aliphatic rings. The Morgan fingerprint density at radius 2 is 2.00 bits per heavy atom. The van der Waals surface area contributed by atoms with Crippen molar-refractivity contribution in [1.29, 1.82) is 0 Å². The Bertz CT molecular complexity index is 477. The Balaban J connectivity index is 3.28. The van der Waals surface area contributed by atoms with Crippen LogP contribution in [0.3, 0.4) is 0 Å². The molecule has 106 valence electrons. The molecular weight excluding hydrogens is 246 g/mol. The number of phenols is 1. The lowest BCUT2D eigenvalue weighted by atomic mass is 9.84. The van der Waals surface area contributed by atoms with Gasteiger partial charge in [0.05, 0.1) is 7.11 Å². The quantitative estimate of drug-likeness (QED) is 0.771. The van der Waals surface area contributed by atoms with E-state index < -0.39 is 12.0 Å². The van der Waals surface area contributed by atoms with Gasteiger partial charge in [0.1, 0.15) is 17.5 Å². The normalized spacial score (nSPS) is 13.1. The van der Waals surface area contributed by atoms with Crippen LogP contribution in [0.2, 0.25) is 0 Å². The second-order valence-corrected chi connectivity index (χ2v) is 5.58. The Kier molecular flexibility index (Phi) is 4.42. The van der Waals surface area contributed by atoms with E-state index in [1.807, 2.05) is 20.8 Å². The topological polar surface area (TPSA) is 92.8 Å². The van der Waals surface area contributed by atoms with Crippen molar-refractivity contribution in [3.05, 3.63) is 23.3 Å². The molecule has 0 saturated carbocycles. The summed E-state index contributed by atoms with van der Waals surface area (Å²) >= 11 is 0. The highest BCUT2D eigenvalue weighted by Gasteiger charge is 2.23. The lowest BCUT2D eigenvalue weighted by Crippen LogP contribution is -2.32. The number of methoxy groups -OCH3 is 1. The first-order chi connectivity index (χ1) is 8.66. The van der Waals surface area contributed by atoms with Gasteiger partial charge in [0.15, 0.2) is 0 Å². The minimum Gasteiger partial charge on any atom is -0.507 e. The summed E-state index contributed by atoms with van der Waals surface area (Å²) in [5.74, 6) is -0.431. The Morgan fingerprint density at radius 1 is 1.42 bits per heavy atom. The number of rotatable bonds is 4.